The van der Waals surface area contributed by atoms with Crippen molar-refractivity contribution in [3.8, 4) is 0 Å². The van der Waals surface area contributed by atoms with Crippen molar-refractivity contribution in [1.82, 2.24) is 0 Å². The second-order valence-electron chi connectivity index (χ2n) is 9.15. The molecule has 3 unspecified atom stereocenters. The monoisotopic (exact) mass is 380 g/mol. The van der Waals surface area contributed by atoms with Crippen molar-refractivity contribution >= 4 is 5.97 Å². The fraction of sp³-hybridized carbons (Fsp3) is 0.958. The highest BCUT2D eigenvalue weighted by Gasteiger charge is 2.56. The van der Waals surface area contributed by atoms with Crippen molar-refractivity contribution in [2.24, 2.45) is 5.92 Å². The molecule has 0 aromatic carbocycles. The molecule has 2 rings (SSSR count). The zero-order valence-corrected chi connectivity index (χ0v) is 18.1. The molecule has 3 nitrogen and oxygen atoms in total. The normalized spacial score (nSPS) is 26.6. The van der Waals surface area contributed by atoms with Gasteiger partial charge >= 0.3 is 5.97 Å². The first-order chi connectivity index (χ1) is 13.2. The molecule has 0 spiro atoms. The lowest BCUT2D eigenvalue weighted by Gasteiger charge is -2.20. The molecule has 0 N–H and O–H groups in total. The highest BCUT2D eigenvalue weighted by molar-refractivity contribution is 5.72. The Labute approximate surface area is 168 Å². The van der Waals surface area contributed by atoms with E-state index < -0.39 is 0 Å². The molecule has 3 atom stereocenters. The van der Waals surface area contributed by atoms with E-state index in [0.717, 1.165) is 25.7 Å². The third-order valence-corrected chi connectivity index (χ3v) is 6.60. The first-order valence-corrected chi connectivity index (χ1v) is 12.0. The minimum absolute atomic E-state index is 0.0160. The maximum atomic E-state index is 12.1. The van der Waals surface area contributed by atoms with Crippen LogP contribution in [0.5, 0.6) is 0 Å². The molecule has 1 aliphatic carbocycles. The lowest BCUT2D eigenvalue weighted by molar-refractivity contribution is -0.149. The summed E-state index contributed by atoms with van der Waals surface area (Å²) in [5.41, 5.74) is 0.0887. The van der Waals surface area contributed by atoms with Gasteiger partial charge < -0.3 is 9.47 Å². The summed E-state index contributed by atoms with van der Waals surface area (Å²) in [6.45, 7) is 5.05. The van der Waals surface area contributed by atoms with Gasteiger partial charge in [0.15, 0.2) is 0 Å². The van der Waals surface area contributed by atoms with Gasteiger partial charge in [-0.25, -0.2) is 0 Å². The number of carbonyl (C=O) groups is 1. The number of hydrogen-bond acceptors (Lipinski definition) is 3. The van der Waals surface area contributed by atoms with Crippen molar-refractivity contribution in [2.45, 2.75) is 135 Å². The van der Waals surface area contributed by atoms with Crippen LogP contribution in [0.25, 0.3) is 0 Å². The van der Waals surface area contributed by atoms with Gasteiger partial charge in [-0.3, -0.25) is 4.79 Å². The average molecular weight is 381 g/mol. The molecule has 1 saturated carbocycles. The van der Waals surface area contributed by atoms with Gasteiger partial charge in [-0.05, 0) is 32.6 Å². The molecule has 0 aromatic heterocycles. The summed E-state index contributed by atoms with van der Waals surface area (Å²) in [6, 6.07) is 0. The van der Waals surface area contributed by atoms with Gasteiger partial charge in [-0.2, -0.15) is 0 Å². The maximum absolute atomic E-state index is 12.1. The van der Waals surface area contributed by atoms with E-state index in [-0.39, 0.29) is 17.5 Å². The molecule has 2 fully saturated rings. The molecule has 1 saturated heterocycles. The van der Waals surface area contributed by atoms with Gasteiger partial charge in [-0.1, -0.05) is 90.4 Å². The number of fused-ring (bicyclic) bond motifs is 1. The number of unbranched alkanes of at least 4 members (excludes halogenated alkanes) is 13. The van der Waals surface area contributed by atoms with Crippen LogP contribution in [0.2, 0.25) is 0 Å². The number of epoxide rings is 1. The van der Waals surface area contributed by atoms with Gasteiger partial charge in [0, 0.05) is 0 Å². The Morgan fingerprint density at radius 1 is 0.889 bits per heavy atom. The second-order valence-corrected chi connectivity index (χ2v) is 9.15. The quantitative estimate of drug-likeness (QED) is 0.165. The standard InChI is InChI=1S/C24H44O3/c1-3-4-5-6-7-8-9-10-11-12-13-14-15-16-19-26-23(25)21-17-18-24(2)22(20-21)27-24/h21-22H,3-20H2,1-2H3. The van der Waals surface area contributed by atoms with E-state index in [2.05, 4.69) is 13.8 Å². The topological polar surface area (TPSA) is 38.8 Å². The Morgan fingerprint density at radius 3 is 1.93 bits per heavy atom. The third-order valence-electron chi connectivity index (χ3n) is 6.60. The van der Waals surface area contributed by atoms with Gasteiger partial charge in [0.05, 0.1) is 24.2 Å². The van der Waals surface area contributed by atoms with Crippen LogP contribution in [0, 0.1) is 5.92 Å². The SMILES string of the molecule is CCCCCCCCCCCCCCCCOC(=O)C1CCC2(C)OC2C1. The molecule has 1 heterocycles. The number of ether oxygens (including phenoxy) is 2. The van der Waals surface area contributed by atoms with Crippen LogP contribution in [0.15, 0.2) is 0 Å². The first kappa shape index (κ1) is 22.7. The summed E-state index contributed by atoms with van der Waals surface area (Å²) in [4.78, 5) is 12.1. The van der Waals surface area contributed by atoms with E-state index in [1.807, 2.05) is 0 Å². The predicted molar refractivity (Wildman–Crippen MR) is 112 cm³/mol. The van der Waals surface area contributed by atoms with E-state index in [9.17, 15) is 4.79 Å². The third kappa shape index (κ3) is 8.98. The summed E-state index contributed by atoms with van der Waals surface area (Å²) in [5.74, 6) is 0.0967. The molecule has 0 amide bonds. The van der Waals surface area contributed by atoms with Crippen molar-refractivity contribution < 1.29 is 14.3 Å². The molecule has 2 aliphatic rings. The number of rotatable bonds is 16. The van der Waals surface area contributed by atoms with Gasteiger partial charge in [0.2, 0.25) is 0 Å². The lowest BCUT2D eigenvalue weighted by Crippen LogP contribution is -2.28. The predicted octanol–water partition coefficient (Wildman–Crippen LogP) is 6.97. The second kappa shape index (κ2) is 12.8. The zero-order chi connectivity index (χ0) is 19.4. The zero-order valence-electron chi connectivity index (χ0n) is 18.1. The maximum Gasteiger partial charge on any atom is 0.309 e. The van der Waals surface area contributed by atoms with E-state index in [0.29, 0.717) is 12.7 Å². The summed E-state index contributed by atoms with van der Waals surface area (Å²) in [5, 5.41) is 0. The van der Waals surface area contributed by atoms with Gasteiger partial charge in [0.1, 0.15) is 0 Å². The molecule has 3 heteroatoms. The highest BCUT2D eigenvalue weighted by Crippen LogP contribution is 2.49. The molecule has 0 bridgehead atoms. The van der Waals surface area contributed by atoms with Crippen LogP contribution in [-0.4, -0.2) is 24.3 Å². The Hall–Kier alpha value is -0.570. The van der Waals surface area contributed by atoms with E-state index in [1.54, 1.807) is 0 Å². The highest BCUT2D eigenvalue weighted by atomic mass is 16.6. The van der Waals surface area contributed by atoms with E-state index in [1.165, 1.54) is 83.5 Å². The average Bonchev–Trinajstić information content (AvgIpc) is 3.35. The van der Waals surface area contributed by atoms with Crippen LogP contribution in [0.1, 0.15) is 123 Å². The van der Waals surface area contributed by atoms with E-state index in [4.69, 9.17) is 9.47 Å². The van der Waals surface area contributed by atoms with Crippen LogP contribution in [0.3, 0.4) is 0 Å². The van der Waals surface area contributed by atoms with Gasteiger partial charge in [0.25, 0.3) is 0 Å². The Bertz CT molecular complexity index is 408. The molecular formula is C24H44O3. The lowest BCUT2D eigenvalue weighted by atomic mass is 9.83. The van der Waals surface area contributed by atoms with Crippen molar-refractivity contribution in [3.05, 3.63) is 0 Å². The van der Waals surface area contributed by atoms with Crippen LogP contribution < -0.4 is 0 Å². The molecule has 0 aromatic rings. The molecule has 1 aliphatic heterocycles. The van der Waals surface area contributed by atoms with Crippen molar-refractivity contribution in [1.29, 1.82) is 0 Å². The minimum Gasteiger partial charge on any atom is -0.465 e. The smallest absolute Gasteiger partial charge is 0.309 e. The fourth-order valence-electron chi connectivity index (χ4n) is 4.45. The van der Waals surface area contributed by atoms with Crippen LogP contribution in [0.4, 0.5) is 0 Å². The Morgan fingerprint density at radius 2 is 1.41 bits per heavy atom. The van der Waals surface area contributed by atoms with Gasteiger partial charge in [-0.15, -0.1) is 0 Å². The Kier molecular flexibility index (Phi) is 10.8. The number of carbonyl (C=O) groups excluding carboxylic acids is 1. The molecular weight excluding hydrogens is 336 g/mol. The van der Waals surface area contributed by atoms with Crippen molar-refractivity contribution in [2.75, 3.05) is 6.61 Å². The minimum atomic E-state index is 0.0160. The largest absolute Gasteiger partial charge is 0.465 e. The van der Waals surface area contributed by atoms with E-state index >= 15 is 0 Å². The Balaban J connectivity index is 1.29. The first-order valence-electron chi connectivity index (χ1n) is 12.0. The van der Waals surface area contributed by atoms with Crippen molar-refractivity contribution in [3.63, 3.8) is 0 Å². The van der Waals surface area contributed by atoms with Crippen LogP contribution >= 0.6 is 0 Å². The number of hydrogen-bond donors (Lipinski definition) is 0. The molecule has 27 heavy (non-hydrogen) atoms. The molecule has 0 radical (unpaired) electrons. The summed E-state index contributed by atoms with van der Waals surface area (Å²) in [7, 11) is 0. The summed E-state index contributed by atoms with van der Waals surface area (Å²) in [6.07, 6.45) is 22.1. The molecule has 158 valence electrons. The summed E-state index contributed by atoms with van der Waals surface area (Å²) >= 11 is 0. The van der Waals surface area contributed by atoms with Crippen LogP contribution in [-0.2, 0) is 14.3 Å². The fourth-order valence-corrected chi connectivity index (χ4v) is 4.45. The number of esters is 1. The summed E-state index contributed by atoms with van der Waals surface area (Å²) < 4.78 is 11.2.